The number of nitrogens with two attached hydrogens (primary N) is 1. The summed E-state index contributed by atoms with van der Waals surface area (Å²) in [5.74, 6) is -7.54. The van der Waals surface area contributed by atoms with Gasteiger partial charge in [-0.25, -0.2) is 4.79 Å². The summed E-state index contributed by atoms with van der Waals surface area (Å²) in [5.41, 5.74) is 2.64. The molecule has 0 radical (unpaired) electrons. The summed E-state index contributed by atoms with van der Waals surface area (Å²) in [4.78, 5) is 51.9. The molecular formula is C26H31N3O9. The molecule has 0 heterocycles. The molecule has 1 fully saturated rings. The van der Waals surface area contributed by atoms with Gasteiger partial charge < -0.3 is 41.1 Å². The molecule has 4 unspecified atom stereocenters. The van der Waals surface area contributed by atoms with Gasteiger partial charge >= 0.3 is 5.97 Å². The molecular weight excluding hydrogens is 498 g/mol. The molecule has 0 spiro atoms. The average molecular weight is 530 g/mol. The molecule has 4 atom stereocenters. The third kappa shape index (κ3) is 3.87. The summed E-state index contributed by atoms with van der Waals surface area (Å²) in [6.45, 7) is 3.36. The van der Waals surface area contributed by atoms with Crippen LogP contribution in [0.25, 0.3) is 5.76 Å². The van der Waals surface area contributed by atoms with Gasteiger partial charge in [0.25, 0.3) is 5.91 Å². The van der Waals surface area contributed by atoms with E-state index in [1.807, 2.05) is 0 Å². The highest BCUT2D eigenvalue weighted by molar-refractivity contribution is 6.22. The van der Waals surface area contributed by atoms with E-state index in [1.165, 1.54) is 6.92 Å². The highest BCUT2D eigenvalue weighted by Gasteiger charge is 2.60. The molecule has 1 aromatic carbocycles. The van der Waals surface area contributed by atoms with Crippen LogP contribution in [-0.4, -0.2) is 76.2 Å². The highest BCUT2D eigenvalue weighted by atomic mass is 16.5. The number of primary amides is 1. The molecule has 12 heteroatoms. The van der Waals surface area contributed by atoms with E-state index in [1.54, 1.807) is 32.0 Å². The molecule has 0 aromatic heterocycles. The van der Waals surface area contributed by atoms with Crippen LogP contribution < -0.4 is 16.0 Å². The number of nitrogens with one attached hydrogen (secondary N) is 1. The van der Waals surface area contributed by atoms with Crippen molar-refractivity contribution in [3.8, 4) is 5.75 Å². The zero-order valence-electron chi connectivity index (χ0n) is 21.5. The summed E-state index contributed by atoms with van der Waals surface area (Å²) in [6, 6.07) is 0.757. The Bertz CT molecular complexity index is 1330. The van der Waals surface area contributed by atoms with E-state index in [2.05, 4.69) is 5.32 Å². The van der Waals surface area contributed by atoms with E-state index >= 15 is 0 Å². The lowest BCUT2D eigenvalue weighted by molar-refractivity contribution is -0.147. The van der Waals surface area contributed by atoms with Gasteiger partial charge in [0.05, 0.1) is 17.9 Å². The fourth-order valence-corrected chi connectivity index (χ4v) is 5.74. The summed E-state index contributed by atoms with van der Waals surface area (Å²) in [6.07, 6.45) is -0.179. The maximum atomic E-state index is 13.7. The van der Waals surface area contributed by atoms with Gasteiger partial charge in [-0.15, -0.1) is 0 Å². The van der Waals surface area contributed by atoms with E-state index in [4.69, 9.17) is 10.5 Å². The number of ketones is 2. The quantitative estimate of drug-likeness (QED) is 0.173. The predicted molar refractivity (Wildman–Crippen MR) is 135 cm³/mol. The number of anilines is 2. The Kier molecular flexibility index (Phi) is 6.64. The van der Waals surface area contributed by atoms with E-state index in [0.717, 1.165) is 0 Å². The van der Waals surface area contributed by atoms with Crippen LogP contribution in [0.15, 0.2) is 23.0 Å². The van der Waals surface area contributed by atoms with Gasteiger partial charge in [-0.2, -0.15) is 0 Å². The normalized spacial score (nSPS) is 25.3. The molecule has 7 N–H and O–H groups in total. The average Bonchev–Trinajstić information content (AvgIpc) is 2.82. The molecule has 1 amide bonds. The maximum Gasteiger partial charge on any atom is 0.328 e. The molecule has 4 rings (SSSR count). The molecule has 0 aliphatic heterocycles. The van der Waals surface area contributed by atoms with Gasteiger partial charge in [0, 0.05) is 37.7 Å². The Morgan fingerprint density at radius 3 is 2.47 bits per heavy atom. The number of nitrogens with zero attached hydrogens (tertiary/aromatic N) is 1. The third-order valence-corrected chi connectivity index (χ3v) is 7.53. The standard InChI is InChI=1S/C26H31N3O9/c1-5-38-25(36)10(2)28-14-9-15(29(3)4)13-7-11-6-12-8-16(30)19(24(27)35)23(34)26(12,37)22(33)17(11)21(32)18(13)20(14)31/h9-12,28,31-32,34,37H,5-8H2,1-4H3,(H2,27,35). The highest BCUT2D eigenvalue weighted by Crippen LogP contribution is 2.54. The lowest BCUT2D eigenvalue weighted by atomic mass is 9.59. The second-order valence-corrected chi connectivity index (χ2v) is 10.1. The van der Waals surface area contributed by atoms with Gasteiger partial charge in [0.15, 0.2) is 11.4 Å². The molecule has 3 aliphatic rings. The van der Waals surface area contributed by atoms with Gasteiger partial charge in [-0.05, 0) is 44.2 Å². The zero-order chi connectivity index (χ0) is 28.3. The maximum absolute atomic E-state index is 13.7. The van der Waals surface area contributed by atoms with Crippen LogP contribution in [-0.2, 0) is 30.3 Å². The number of esters is 1. The van der Waals surface area contributed by atoms with E-state index in [-0.39, 0.29) is 42.7 Å². The minimum absolute atomic E-state index is 0.0381. The van der Waals surface area contributed by atoms with Crippen molar-refractivity contribution < 1.29 is 44.3 Å². The van der Waals surface area contributed by atoms with Gasteiger partial charge in [0.2, 0.25) is 5.78 Å². The Morgan fingerprint density at radius 2 is 1.89 bits per heavy atom. The van der Waals surface area contributed by atoms with Gasteiger partial charge in [0.1, 0.15) is 28.9 Å². The summed E-state index contributed by atoms with van der Waals surface area (Å²) in [5, 5.41) is 47.5. The number of phenols is 1. The largest absolute Gasteiger partial charge is 0.508 e. The number of carbonyl (C=O) groups excluding carboxylic acids is 4. The molecule has 204 valence electrons. The first-order valence-corrected chi connectivity index (χ1v) is 12.2. The lowest BCUT2D eigenvalue weighted by Crippen LogP contribution is -2.58. The van der Waals surface area contributed by atoms with Crippen molar-refractivity contribution in [3.05, 3.63) is 34.1 Å². The first kappa shape index (κ1) is 27.0. The molecule has 12 nitrogen and oxygen atoms in total. The first-order valence-electron chi connectivity index (χ1n) is 12.2. The van der Waals surface area contributed by atoms with Crippen molar-refractivity contribution in [1.29, 1.82) is 0 Å². The molecule has 1 saturated carbocycles. The van der Waals surface area contributed by atoms with Gasteiger partial charge in [-0.3, -0.25) is 14.4 Å². The van der Waals surface area contributed by atoms with Crippen molar-refractivity contribution in [3.63, 3.8) is 0 Å². The number of rotatable bonds is 6. The number of amides is 1. The Balaban J connectivity index is 1.89. The van der Waals surface area contributed by atoms with Crippen molar-refractivity contribution in [2.75, 3.05) is 30.9 Å². The van der Waals surface area contributed by atoms with Gasteiger partial charge in [-0.1, -0.05) is 0 Å². The topological polar surface area (TPSA) is 200 Å². The first-order chi connectivity index (χ1) is 17.7. The SMILES string of the molecule is CCOC(=O)C(C)Nc1cc(N(C)C)c2c(c1O)C(O)=C1C(=O)C3(O)C(O)=C(C(N)=O)C(=O)CC3CC1C2. The second-order valence-electron chi connectivity index (χ2n) is 10.1. The van der Waals surface area contributed by atoms with Crippen LogP contribution in [0, 0.1) is 11.8 Å². The van der Waals surface area contributed by atoms with Crippen LogP contribution >= 0.6 is 0 Å². The number of aromatic hydroxyl groups is 1. The Morgan fingerprint density at radius 1 is 1.24 bits per heavy atom. The minimum Gasteiger partial charge on any atom is -0.508 e. The number of aliphatic hydroxyl groups is 3. The molecule has 1 aromatic rings. The number of hydrogen-bond acceptors (Lipinski definition) is 11. The summed E-state index contributed by atoms with van der Waals surface area (Å²) < 4.78 is 5.01. The second kappa shape index (κ2) is 9.35. The molecule has 0 bridgehead atoms. The fraction of sp³-hybridized carbons (Fsp3) is 0.462. The van der Waals surface area contributed by atoms with Crippen molar-refractivity contribution >= 4 is 40.6 Å². The molecule has 3 aliphatic carbocycles. The number of phenolic OH excluding ortho intramolecular Hbond substituents is 1. The number of hydrogen-bond donors (Lipinski definition) is 6. The zero-order valence-corrected chi connectivity index (χ0v) is 21.5. The van der Waals surface area contributed by atoms with E-state index in [9.17, 15) is 39.6 Å². The van der Waals surface area contributed by atoms with Crippen LogP contribution in [0.1, 0.15) is 37.8 Å². The summed E-state index contributed by atoms with van der Waals surface area (Å²) in [7, 11) is 3.50. The van der Waals surface area contributed by atoms with Crippen LogP contribution in [0.3, 0.4) is 0 Å². The van der Waals surface area contributed by atoms with Crippen LogP contribution in [0.4, 0.5) is 11.4 Å². The van der Waals surface area contributed by atoms with Crippen molar-refractivity contribution in [1.82, 2.24) is 0 Å². The predicted octanol–water partition coefficient (Wildman–Crippen LogP) is 0.853. The van der Waals surface area contributed by atoms with Crippen molar-refractivity contribution in [2.45, 2.75) is 44.8 Å². The van der Waals surface area contributed by atoms with Crippen LogP contribution in [0.5, 0.6) is 5.75 Å². The molecule has 0 saturated heterocycles. The lowest BCUT2D eigenvalue weighted by Gasteiger charge is -2.46. The van der Waals surface area contributed by atoms with Crippen molar-refractivity contribution in [2.24, 2.45) is 17.6 Å². The monoisotopic (exact) mass is 529 g/mol. The fourth-order valence-electron chi connectivity index (χ4n) is 5.74. The third-order valence-electron chi connectivity index (χ3n) is 7.53. The van der Waals surface area contributed by atoms with E-state index < -0.39 is 69.8 Å². The Hall–Kier alpha value is -4.06. The number of fused-ring (bicyclic) bond motifs is 3. The molecule has 38 heavy (non-hydrogen) atoms. The Labute approximate surface area is 218 Å². The number of Topliss-reactive ketones (excluding diaryl/α,β-unsaturated/α-hetero) is 2. The van der Waals surface area contributed by atoms with E-state index in [0.29, 0.717) is 11.3 Å². The summed E-state index contributed by atoms with van der Waals surface area (Å²) >= 11 is 0. The number of carbonyl (C=O) groups is 4. The number of ether oxygens (including phenoxy) is 1. The number of benzene rings is 1. The minimum atomic E-state index is -2.64. The number of aliphatic hydroxyl groups excluding tert-OH is 2. The smallest absolute Gasteiger partial charge is 0.328 e. The van der Waals surface area contributed by atoms with Crippen LogP contribution in [0.2, 0.25) is 0 Å².